The van der Waals surface area contributed by atoms with E-state index in [2.05, 4.69) is 0 Å². The highest BCUT2D eigenvalue weighted by atomic mass is 19.4. The van der Waals surface area contributed by atoms with E-state index >= 15 is 0 Å². The molecule has 176 valence electrons. The minimum absolute atomic E-state index is 0.00759. The molecule has 0 bridgehead atoms. The van der Waals surface area contributed by atoms with Crippen LogP contribution in [0.2, 0.25) is 0 Å². The predicted molar refractivity (Wildman–Crippen MR) is 82.6 cm³/mol. The molecule has 1 saturated heterocycles. The average Bonchev–Trinajstić information content (AvgIpc) is 2.58. The number of hydrogen-bond acceptors (Lipinski definition) is 3. The lowest BCUT2D eigenvalue weighted by Crippen LogP contribution is -2.61. The Kier molecular flexibility index (Phi) is 7.26. The maximum atomic E-state index is 13.6. The molecule has 0 saturated carbocycles. The Morgan fingerprint density at radius 2 is 1.37 bits per heavy atom. The van der Waals surface area contributed by atoms with Crippen molar-refractivity contribution >= 4 is 12.1 Å². The smallest absolute Gasteiger partial charge is 0.460 e. The Balaban J connectivity index is 2.75. The monoisotopic (exact) mass is 461 g/mol. The summed E-state index contributed by atoms with van der Waals surface area (Å²) in [5.41, 5.74) is -1.88. The second-order valence-electron chi connectivity index (χ2n) is 7.58. The molecule has 1 N–H and O–H groups in total. The lowest BCUT2D eigenvalue weighted by Gasteiger charge is -2.36. The third-order valence-corrected chi connectivity index (χ3v) is 4.73. The van der Waals surface area contributed by atoms with E-state index in [0.29, 0.717) is 0 Å². The number of alkyl halides is 9. The van der Waals surface area contributed by atoms with Crippen LogP contribution in [0.1, 0.15) is 39.5 Å². The van der Waals surface area contributed by atoms with Crippen LogP contribution in [0.4, 0.5) is 44.3 Å². The van der Waals surface area contributed by atoms with Crippen molar-refractivity contribution in [3.05, 3.63) is 0 Å². The summed E-state index contributed by atoms with van der Waals surface area (Å²) in [6.07, 6.45) is -11.2. The Morgan fingerprint density at radius 3 is 1.77 bits per heavy atom. The lowest BCUT2D eigenvalue weighted by atomic mass is 9.93. The second kappa shape index (κ2) is 8.33. The Morgan fingerprint density at radius 1 is 0.900 bits per heavy atom. The number of piperidine rings is 1. The van der Waals surface area contributed by atoms with Crippen molar-refractivity contribution in [1.82, 2.24) is 4.90 Å². The first-order valence-electron chi connectivity index (χ1n) is 8.66. The quantitative estimate of drug-likeness (QED) is 0.431. The Hall–Kier alpha value is -1.89. The van der Waals surface area contributed by atoms with Crippen molar-refractivity contribution in [2.45, 2.75) is 69.1 Å². The molecule has 1 heterocycles. The van der Waals surface area contributed by atoms with Gasteiger partial charge < -0.3 is 14.7 Å². The van der Waals surface area contributed by atoms with E-state index in [0.717, 1.165) is 18.7 Å². The molecule has 30 heavy (non-hydrogen) atoms. The normalized spacial score (nSPS) is 17.8. The first-order chi connectivity index (χ1) is 13.3. The van der Waals surface area contributed by atoms with Crippen LogP contribution < -0.4 is 0 Å². The molecule has 0 aliphatic carbocycles. The summed E-state index contributed by atoms with van der Waals surface area (Å²) < 4.78 is 121. The van der Waals surface area contributed by atoms with Crippen molar-refractivity contribution in [3.8, 4) is 0 Å². The van der Waals surface area contributed by atoms with E-state index in [4.69, 9.17) is 9.84 Å². The van der Waals surface area contributed by atoms with Crippen molar-refractivity contribution in [2.24, 2.45) is 5.92 Å². The SMILES string of the molecule is CC(C)(CCC(F)(F)C(F)(F)C(F)(F)C(F)(F)F)OC(=O)C1CCN(C(=O)O)CC1. The summed E-state index contributed by atoms with van der Waals surface area (Å²) >= 11 is 0. The minimum Gasteiger partial charge on any atom is -0.465 e. The van der Waals surface area contributed by atoms with Crippen molar-refractivity contribution < 1.29 is 58.9 Å². The van der Waals surface area contributed by atoms with Gasteiger partial charge in [0, 0.05) is 19.5 Å². The van der Waals surface area contributed by atoms with E-state index in [9.17, 15) is 49.1 Å². The van der Waals surface area contributed by atoms with Crippen molar-refractivity contribution in [3.63, 3.8) is 0 Å². The lowest BCUT2D eigenvalue weighted by molar-refractivity contribution is -0.397. The summed E-state index contributed by atoms with van der Waals surface area (Å²) in [6.45, 7) is 2.00. The maximum absolute atomic E-state index is 13.6. The van der Waals surface area contributed by atoms with Gasteiger partial charge in [-0.25, -0.2) is 4.79 Å². The molecule has 1 rings (SSSR count). The van der Waals surface area contributed by atoms with E-state index in [1.807, 2.05) is 0 Å². The topological polar surface area (TPSA) is 66.8 Å². The van der Waals surface area contributed by atoms with Gasteiger partial charge in [-0.15, -0.1) is 0 Å². The average molecular weight is 461 g/mol. The zero-order chi connectivity index (χ0) is 23.8. The van der Waals surface area contributed by atoms with Crippen LogP contribution >= 0.6 is 0 Å². The van der Waals surface area contributed by atoms with Crippen LogP contribution in [0.25, 0.3) is 0 Å². The zero-order valence-electron chi connectivity index (χ0n) is 15.8. The third-order valence-electron chi connectivity index (χ3n) is 4.73. The van der Waals surface area contributed by atoms with Crippen molar-refractivity contribution in [1.29, 1.82) is 0 Å². The van der Waals surface area contributed by atoms with Gasteiger partial charge in [-0.1, -0.05) is 0 Å². The summed E-state index contributed by atoms with van der Waals surface area (Å²) in [7, 11) is 0. The van der Waals surface area contributed by atoms with Gasteiger partial charge in [0.25, 0.3) is 0 Å². The summed E-state index contributed by atoms with van der Waals surface area (Å²) in [6, 6.07) is 0. The van der Waals surface area contributed by atoms with E-state index < -0.39 is 60.4 Å². The van der Waals surface area contributed by atoms with Gasteiger partial charge in [0.05, 0.1) is 5.92 Å². The number of carboxylic acid groups (broad SMARTS) is 1. The van der Waals surface area contributed by atoms with Crippen LogP contribution in [0.3, 0.4) is 0 Å². The Bertz CT molecular complexity index is 641. The zero-order valence-corrected chi connectivity index (χ0v) is 15.8. The first-order valence-corrected chi connectivity index (χ1v) is 8.66. The van der Waals surface area contributed by atoms with Gasteiger partial charge in [-0.3, -0.25) is 4.79 Å². The maximum Gasteiger partial charge on any atom is 0.460 e. The molecule has 1 aliphatic rings. The number of likely N-dealkylation sites (tertiary alicyclic amines) is 1. The number of hydrogen-bond donors (Lipinski definition) is 1. The molecule has 0 aromatic carbocycles. The van der Waals surface area contributed by atoms with Gasteiger partial charge in [0.1, 0.15) is 5.60 Å². The fourth-order valence-corrected chi connectivity index (χ4v) is 2.74. The van der Waals surface area contributed by atoms with Crippen LogP contribution in [0, 0.1) is 5.92 Å². The predicted octanol–water partition coefficient (Wildman–Crippen LogP) is 4.95. The number of halogens is 9. The third kappa shape index (κ3) is 5.42. The van der Waals surface area contributed by atoms with Gasteiger partial charge in [0.2, 0.25) is 0 Å². The number of amides is 1. The van der Waals surface area contributed by atoms with Crippen LogP contribution in [-0.2, 0) is 9.53 Å². The number of carbonyl (C=O) groups excluding carboxylic acids is 1. The number of rotatable bonds is 7. The Labute approximate surface area is 165 Å². The number of esters is 1. The van der Waals surface area contributed by atoms with E-state index in [1.54, 1.807) is 0 Å². The second-order valence-corrected chi connectivity index (χ2v) is 7.58. The van der Waals surface area contributed by atoms with Crippen molar-refractivity contribution in [2.75, 3.05) is 13.1 Å². The molecule has 0 atom stereocenters. The van der Waals surface area contributed by atoms with E-state index in [1.165, 1.54) is 0 Å². The highest BCUT2D eigenvalue weighted by Crippen LogP contribution is 2.54. The van der Waals surface area contributed by atoms with Crippen LogP contribution in [0.5, 0.6) is 0 Å². The van der Waals surface area contributed by atoms with Gasteiger partial charge >= 0.3 is 36.0 Å². The van der Waals surface area contributed by atoms with Gasteiger partial charge in [-0.2, -0.15) is 39.5 Å². The first kappa shape index (κ1) is 26.1. The molecule has 5 nitrogen and oxygen atoms in total. The molecule has 1 aliphatic heterocycles. The molecular formula is C16H20F9NO4. The molecule has 0 unspecified atom stereocenters. The highest BCUT2D eigenvalue weighted by Gasteiger charge is 2.81. The van der Waals surface area contributed by atoms with Gasteiger partial charge in [-0.05, 0) is 33.1 Å². The number of nitrogens with zero attached hydrogens (tertiary/aromatic N) is 1. The fourth-order valence-electron chi connectivity index (χ4n) is 2.74. The largest absolute Gasteiger partial charge is 0.465 e. The number of carbonyl (C=O) groups is 2. The standard InChI is InChI=1S/C16H20F9NO4/c1-12(2,30-10(27)9-3-7-26(8-4-9)11(28)29)5-6-13(17,18)14(19,20)15(21,22)16(23,24)25/h9H,3-8H2,1-2H3,(H,28,29). The number of ether oxygens (including phenoxy) is 1. The molecule has 1 amide bonds. The summed E-state index contributed by atoms with van der Waals surface area (Å²) in [4.78, 5) is 23.9. The van der Waals surface area contributed by atoms with Gasteiger partial charge in [0.15, 0.2) is 0 Å². The molecular weight excluding hydrogens is 441 g/mol. The minimum atomic E-state index is -6.97. The molecule has 0 aromatic heterocycles. The summed E-state index contributed by atoms with van der Waals surface area (Å²) in [5.74, 6) is -21.2. The highest BCUT2D eigenvalue weighted by molar-refractivity contribution is 5.73. The van der Waals surface area contributed by atoms with Crippen LogP contribution in [0.15, 0.2) is 0 Å². The molecule has 1 fully saturated rings. The molecule has 14 heteroatoms. The van der Waals surface area contributed by atoms with Crippen LogP contribution in [-0.4, -0.2) is 64.7 Å². The molecule has 0 aromatic rings. The fraction of sp³-hybridized carbons (Fsp3) is 0.875. The molecule has 0 spiro atoms. The summed E-state index contributed by atoms with van der Waals surface area (Å²) in [5, 5.41) is 8.82. The molecule has 0 radical (unpaired) electrons. The van der Waals surface area contributed by atoms with E-state index in [-0.39, 0.29) is 25.9 Å².